The molecule has 1 saturated heterocycles. The third kappa shape index (κ3) is 2.63. The van der Waals surface area contributed by atoms with Gasteiger partial charge in [-0.2, -0.15) is 0 Å². The summed E-state index contributed by atoms with van der Waals surface area (Å²) in [5, 5.41) is 4.14. The van der Waals surface area contributed by atoms with E-state index in [4.69, 9.17) is 0 Å². The van der Waals surface area contributed by atoms with Gasteiger partial charge >= 0.3 is 6.03 Å². The molecule has 106 valence electrons. The zero-order valence-electron chi connectivity index (χ0n) is 11.7. The number of hydrogen-bond donors (Lipinski definition) is 2. The van der Waals surface area contributed by atoms with Gasteiger partial charge in [-0.15, -0.1) is 0 Å². The van der Waals surface area contributed by atoms with Crippen LogP contribution in [-0.4, -0.2) is 35.4 Å². The zero-order valence-corrected chi connectivity index (χ0v) is 11.7. The van der Waals surface area contributed by atoms with Crippen molar-refractivity contribution in [3.8, 4) is 0 Å². The molecule has 1 aromatic carbocycles. The lowest BCUT2D eigenvalue weighted by Gasteiger charge is -2.32. The van der Waals surface area contributed by atoms with Crippen molar-refractivity contribution in [3.05, 3.63) is 36.5 Å². The Labute approximate surface area is 118 Å². The number of para-hydroxylation sites is 1. The molecule has 5 nitrogen and oxygen atoms in total. The van der Waals surface area contributed by atoms with E-state index in [1.54, 1.807) is 4.68 Å². The summed E-state index contributed by atoms with van der Waals surface area (Å²) in [5.74, 6) is 0. The maximum absolute atomic E-state index is 12.1. The molecule has 0 spiro atoms. The van der Waals surface area contributed by atoms with Crippen LogP contribution in [0.1, 0.15) is 19.3 Å². The van der Waals surface area contributed by atoms with Crippen molar-refractivity contribution in [2.75, 3.05) is 19.0 Å². The Morgan fingerprint density at radius 1 is 1.25 bits per heavy atom. The smallest absolute Gasteiger partial charge is 0.321 e. The third-order valence-corrected chi connectivity index (χ3v) is 3.89. The number of fused-ring (bicyclic) bond motifs is 1. The zero-order chi connectivity index (χ0) is 13.9. The molecule has 0 saturated carbocycles. The highest BCUT2D eigenvalue weighted by molar-refractivity contribution is 5.86. The normalized spacial score (nSPS) is 19.9. The quantitative estimate of drug-likeness (QED) is 0.881. The summed E-state index contributed by atoms with van der Waals surface area (Å²) < 4.78 is 1.76. The van der Waals surface area contributed by atoms with Gasteiger partial charge in [0.1, 0.15) is 0 Å². The number of rotatable bonds is 2. The minimum atomic E-state index is -0.162. The summed E-state index contributed by atoms with van der Waals surface area (Å²) in [6.07, 6.45) is 5.39. The van der Waals surface area contributed by atoms with Gasteiger partial charge in [0.2, 0.25) is 0 Å². The number of piperidine rings is 1. The number of amides is 2. The molecule has 5 heteroatoms. The van der Waals surface area contributed by atoms with Gasteiger partial charge in [-0.1, -0.05) is 18.2 Å². The van der Waals surface area contributed by atoms with Gasteiger partial charge in [-0.05, 0) is 45.0 Å². The molecule has 1 atom stereocenters. The predicted molar refractivity (Wildman–Crippen MR) is 80.1 cm³/mol. The van der Waals surface area contributed by atoms with Crippen LogP contribution in [0, 0.1) is 0 Å². The summed E-state index contributed by atoms with van der Waals surface area (Å²) in [7, 11) is 2.05. The molecule has 1 aliphatic rings. The average molecular weight is 272 g/mol. The van der Waals surface area contributed by atoms with Gasteiger partial charge in [0.25, 0.3) is 0 Å². The van der Waals surface area contributed by atoms with Crippen LogP contribution in [0.25, 0.3) is 10.9 Å². The predicted octanol–water partition coefficient (Wildman–Crippen LogP) is 2.34. The molecule has 1 unspecified atom stereocenters. The van der Waals surface area contributed by atoms with Crippen LogP contribution in [0.2, 0.25) is 0 Å². The highest BCUT2D eigenvalue weighted by Crippen LogP contribution is 2.14. The number of likely N-dealkylation sites (tertiary alicyclic amines) is 1. The van der Waals surface area contributed by atoms with Crippen molar-refractivity contribution >= 4 is 16.9 Å². The van der Waals surface area contributed by atoms with Crippen LogP contribution in [0.15, 0.2) is 36.5 Å². The lowest BCUT2D eigenvalue weighted by molar-refractivity contribution is 0.157. The molecule has 2 aromatic rings. The fourth-order valence-electron chi connectivity index (χ4n) is 2.73. The van der Waals surface area contributed by atoms with Gasteiger partial charge in [0.05, 0.1) is 11.7 Å². The highest BCUT2D eigenvalue weighted by Gasteiger charge is 2.20. The van der Waals surface area contributed by atoms with Crippen molar-refractivity contribution < 1.29 is 4.79 Å². The standard InChI is InChI=1S/C15H20N4O/c1-18-10-5-4-8-14(18)16-15(20)17-19-11-9-12-6-2-3-7-13(12)19/h2-3,6-7,9,11,14H,4-5,8,10H2,1H3,(H2,16,17,20). The molecular formula is C15H20N4O. The van der Waals surface area contributed by atoms with Gasteiger partial charge in [0.15, 0.2) is 0 Å². The number of urea groups is 1. The van der Waals surface area contributed by atoms with E-state index in [0.29, 0.717) is 0 Å². The molecule has 1 aromatic heterocycles. The Morgan fingerprint density at radius 3 is 2.95 bits per heavy atom. The first-order valence-electron chi connectivity index (χ1n) is 7.08. The van der Waals surface area contributed by atoms with Crippen LogP contribution < -0.4 is 10.7 Å². The number of carbonyl (C=O) groups is 1. The van der Waals surface area contributed by atoms with Crippen molar-refractivity contribution in [2.45, 2.75) is 25.4 Å². The van der Waals surface area contributed by atoms with E-state index in [0.717, 1.165) is 23.9 Å². The maximum Gasteiger partial charge on any atom is 0.335 e. The summed E-state index contributed by atoms with van der Waals surface area (Å²) in [5.41, 5.74) is 3.87. The second-order valence-electron chi connectivity index (χ2n) is 5.32. The molecule has 20 heavy (non-hydrogen) atoms. The van der Waals surface area contributed by atoms with Crippen LogP contribution in [0.4, 0.5) is 4.79 Å². The lowest BCUT2D eigenvalue weighted by atomic mass is 10.1. The molecular weight excluding hydrogens is 252 g/mol. The van der Waals surface area contributed by atoms with Crippen LogP contribution in [0.5, 0.6) is 0 Å². The summed E-state index contributed by atoms with van der Waals surface area (Å²) in [4.78, 5) is 14.3. The van der Waals surface area contributed by atoms with Crippen LogP contribution in [0.3, 0.4) is 0 Å². The fraction of sp³-hybridized carbons (Fsp3) is 0.400. The number of carbonyl (C=O) groups excluding carboxylic acids is 1. The molecule has 0 aliphatic carbocycles. The summed E-state index contributed by atoms with van der Waals surface area (Å²) >= 11 is 0. The van der Waals surface area contributed by atoms with E-state index in [1.807, 2.05) is 36.5 Å². The average Bonchev–Trinajstić information content (AvgIpc) is 2.85. The first-order chi connectivity index (χ1) is 9.74. The monoisotopic (exact) mass is 272 g/mol. The van der Waals surface area contributed by atoms with E-state index in [2.05, 4.69) is 22.7 Å². The number of nitrogens with one attached hydrogen (secondary N) is 2. The Balaban J connectivity index is 1.66. The van der Waals surface area contributed by atoms with Gasteiger partial charge in [0, 0.05) is 11.6 Å². The topological polar surface area (TPSA) is 49.3 Å². The molecule has 2 amide bonds. The molecule has 0 bridgehead atoms. The van der Waals surface area contributed by atoms with Crippen molar-refractivity contribution in [3.63, 3.8) is 0 Å². The van der Waals surface area contributed by atoms with Crippen molar-refractivity contribution in [1.29, 1.82) is 0 Å². The van der Waals surface area contributed by atoms with E-state index >= 15 is 0 Å². The second kappa shape index (κ2) is 5.54. The Kier molecular flexibility index (Phi) is 3.60. The molecule has 2 N–H and O–H groups in total. The third-order valence-electron chi connectivity index (χ3n) is 3.89. The first kappa shape index (κ1) is 13.0. The number of benzene rings is 1. The first-order valence-corrected chi connectivity index (χ1v) is 7.08. The Bertz CT molecular complexity index is 607. The van der Waals surface area contributed by atoms with E-state index in [9.17, 15) is 4.79 Å². The van der Waals surface area contributed by atoms with E-state index < -0.39 is 0 Å². The van der Waals surface area contributed by atoms with Gasteiger partial charge in [-0.3, -0.25) is 9.58 Å². The van der Waals surface area contributed by atoms with Crippen molar-refractivity contribution in [1.82, 2.24) is 14.9 Å². The van der Waals surface area contributed by atoms with E-state index in [1.165, 1.54) is 12.8 Å². The van der Waals surface area contributed by atoms with E-state index in [-0.39, 0.29) is 12.2 Å². The Morgan fingerprint density at radius 2 is 2.10 bits per heavy atom. The second-order valence-corrected chi connectivity index (χ2v) is 5.32. The number of aromatic nitrogens is 1. The van der Waals surface area contributed by atoms with Crippen LogP contribution >= 0.6 is 0 Å². The molecule has 1 fully saturated rings. The largest absolute Gasteiger partial charge is 0.335 e. The number of nitrogens with zero attached hydrogens (tertiary/aromatic N) is 2. The summed E-state index contributed by atoms with van der Waals surface area (Å²) in [6, 6.07) is 9.80. The lowest BCUT2D eigenvalue weighted by Crippen LogP contribution is -2.51. The fourth-order valence-corrected chi connectivity index (χ4v) is 2.73. The molecule has 3 rings (SSSR count). The SMILES string of the molecule is CN1CCCCC1NC(=O)Nn1ccc2ccccc21. The van der Waals surface area contributed by atoms with Gasteiger partial charge in [-0.25, -0.2) is 10.2 Å². The minimum Gasteiger partial charge on any atom is -0.321 e. The Hall–Kier alpha value is -2.01. The van der Waals surface area contributed by atoms with Crippen molar-refractivity contribution in [2.24, 2.45) is 0 Å². The molecule has 2 heterocycles. The maximum atomic E-state index is 12.1. The van der Waals surface area contributed by atoms with Crippen LogP contribution in [-0.2, 0) is 0 Å². The molecule has 0 radical (unpaired) electrons. The molecule has 1 aliphatic heterocycles. The number of hydrogen-bond acceptors (Lipinski definition) is 2. The minimum absolute atomic E-state index is 0.130. The summed E-state index contributed by atoms with van der Waals surface area (Å²) in [6.45, 7) is 1.04. The highest BCUT2D eigenvalue weighted by atomic mass is 16.2. The van der Waals surface area contributed by atoms with Gasteiger partial charge < -0.3 is 5.32 Å².